The van der Waals surface area contributed by atoms with E-state index in [4.69, 9.17) is 5.11 Å². The van der Waals surface area contributed by atoms with E-state index in [9.17, 15) is 37.8 Å². The third kappa shape index (κ3) is 70.6. The molecule has 0 aliphatic heterocycles. The number of aliphatic hydroxyl groups is 1. The maximum Gasteiger partial charge on any atom is 1.00 e. The van der Waals surface area contributed by atoms with E-state index in [0.29, 0.717) is 6.61 Å². The van der Waals surface area contributed by atoms with Crippen molar-refractivity contribution in [3.05, 3.63) is 0 Å². The number of unbranched alkanes of at least 4 members (excludes halogenated alkanes) is 4. The fourth-order valence-corrected chi connectivity index (χ4v) is 1.70. The molecule has 19 heteroatoms. The third-order valence-corrected chi connectivity index (χ3v) is 3.66. The third-order valence-electron chi connectivity index (χ3n) is 1.53. The second-order valence-corrected chi connectivity index (χ2v) is 6.29. The van der Waals surface area contributed by atoms with Crippen LogP contribution in [0, 0.1) is 0 Å². The Morgan fingerprint density at radius 1 is 0.654 bits per heavy atom. The first-order valence-electron chi connectivity index (χ1n) is 5.71. The molecule has 0 amide bonds. The minimum Gasteiger partial charge on any atom is -0.563 e. The van der Waals surface area contributed by atoms with Crippen LogP contribution in [0.25, 0.3) is 0 Å². The van der Waals surface area contributed by atoms with Crippen LogP contribution in [0.2, 0.25) is 0 Å². The predicted molar refractivity (Wildman–Crippen MR) is 68.4 cm³/mol. The summed E-state index contributed by atoms with van der Waals surface area (Å²) in [7, 11) is -12.9. The van der Waals surface area contributed by atoms with Crippen LogP contribution in [0.15, 0.2) is 0 Å². The Balaban J connectivity index is -0.0000000388. The van der Waals surface area contributed by atoms with Gasteiger partial charge in [-0.15, -0.1) is 0 Å². The maximum atomic E-state index is 9.24. The van der Waals surface area contributed by atoms with Crippen molar-refractivity contribution in [2.24, 2.45) is 0 Å². The molecule has 0 aromatic heterocycles. The minimum atomic E-state index is -3.24. The molecule has 0 radical (unpaired) electrons. The second-order valence-electron chi connectivity index (χ2n) is 3.20. The van der Waals surface area contributed by atoms with Crippen molar-refractivity contribution in [3.63, 3.8) is 0 Å². The monoisotopic (exact) mass is 492 g/mol. The first-order chi connectivity index (χ1) is 10.2. The molecular weight excluding hydrogens is 476 g/mol. The Labute approximate surface area is 244 Å². The zero-order chi connectivity index (χ0) is 18.0. The van der Waals surface area contributed by atoms with Crippen molar-refractivity contribution in [1.82, 2.24) is 0 Å². The van der Waals surface area contributed by atoms with Gasteiger partial charge in [0.1, 0.15) is 8.62 Å². The van der Waals surface area contributed by atoms with Crippen LogP contribution in [-0.4, -0.2) is 11.7 Å². The molecule has 130 valence electrons. The summed E-state index contributed by atoms with van der Waals surface area (Å²) in [6.45, 7) is 2.56. The quantitative estimate of drug-likeness (QED) is 0.182. The summed E-state index contributed by atoms with van der Waals surface area (Å²) in [5, 5.41) is 8.37. The van der Waals surface area contributed by atoms with Crippen molar-refractivity contribution < 1.29 is 170 Å². The number of rotatable bonds is 9. The van der Waals surface area contributed by atoms with Crippen LogP contribution >= 0.6 is 33.0 Å². The molecule has 4 atom stereocenters. The summed E-state index contributed by atoms with van der Waals surface area (Å²) in [4.78, 5) is 37.0. The summed E-state index contributed by atoms with van der Waals surface area (Å²) in [6, 6.07) is 0. The van der Waals surface area contributed by atoms with E-state index in [1.165, 1.54) is 25.7 Å². The Bertz CT molecular complexity index is 297. The van der Waals surface area contributed by atoms with Crippen LogP contribution in [0.3, 0.4) is 0 Å². The van der Waals surface area contributed by atoms with Gasteiger partial charge in [0.25, 0.3) is 0 Å². The SMILES string of the molecule is CCCCCCCO.O=[P+]([O-])O[P+](=O)[O-].O=[P+]([O-])O[P+](=O)[O-].[Na+].[Na+].[Na+].[Na+]. The maximum absolute atomic E-state index is 9.24. The molecule has 0 aromatic carbocycles. The van der Waals surface area contributed by atoms with Gasteiger partial charge < -0.3 is 24.7 Å². The number of hydrogen-bond donors (Lipinski definition) is 1. The second kappa shape index (κ2) is 39.6. The Kier molecular flexibility index (Phi) is 72.7. The van der Waals surface area contributed by atoms with Gasteiger partial charge in [0, 0.05) is 6.61 Å². The molecule has 0 fully saturated rings. The fourth-order valence-electron chi connectivity index (χ4n) is 0.824. The summed E-state index contributed by atoms with van der Waals surface area (Å²) >= 11 is 0. The molecule has 1 N–H and O–H groups in total. The molecule has 4 unspecified atom stereocenters. The van der Waals surface area contributed by atoms with E-state index in [2.05, 4.69) is 15.5 Å². The largest absolute Gasteiger partial charge is 1.00 e. The first-order valence-corrected chi connectivity index (χ1v) is 10.1. The molecule has 0 spiro atoms. The normalized spacial score (nSPS) is 10.2. The topological polar surface area (TPSA) is 199 Å². The zero-order valence-electron chi connectivity index (χ0n) is 15.6. The van der Waals surface area contributed by atoms with Gasteiger partial charge in [-0.25, -0.2) is 0 Å². The van der Waals surface area contributed by atoms with Crippen LogP contribution in [0.4, 0.5) is 0 Å². The molecule has 11 nitrogen and oxygen atoms in total. The van der Waals surface area contributed by atoms with Crippen molar-refractivity contribution in [1.29, 1.82) is 0 Å². The molecule has 0 aliphatic rings. The molecule has 0 heterocycles. The Morgan fingerprint density at radius 2 is 0.923 bits per heavy atom. The van der Waals surface area contributed by atoms with Crippen LogP contribution in [-0.2, 0) is 26.9 Å². The van der Waals surface area contributed by atoms with Gasteiger partial charge >= 0.3 is 151 Å². The van der Waals surface area contributed by atoms with Crippen LogP contribution in [0.1, 0.15) is 39.0 Å². The van der Waals surface area contributed by atoms with E-state index in [-0.39, 0.29) is 118 Å². The summed E-state index contributed by atoms with van der Waals surface area (Å²) in [6.07, 6.45) is 6.08. The molecule has 0 rings (SSSR count). The van der Waals surface area contributed by atoms with E-state index >= 15 is 0 Å². The minimum absolute atomic E-state index is 0. The Morgan fingerprint density at radius 3 is 1.08 bits per heavy atom. The van der Waals surface area contributed by atoms with Crippen molar-refractivity contribution in [2.45, 2.75) is 39.0 Å². The van der Waals surface area contributed by atoms with Gasteiger partial charge in [0.05, 0.1) is 0 Å². The molecule has 0 bridgehead atoms. The van der Waals surface area contributed by atoms with Crippen LogP contribution in [0.5, 0.6) is 0 Å². The summed E-state index contributed by atoms with van der Waals surface area (Å²) < 4.78 is 43.3. The summed E-state index contributed by atoms with van der Waals surface area (Å²) in [5.41, 5.74) is 0. The average molecular weight is 492 g/mol. The number of hydrogen-bond acceptors (Lipinski definition) is 11. The molecule has 0 aliphatic carbocycles. The van der Waals surface area contributed by atoms with Gasteiger partial charge in [-0.2, -0.15) is 0 Å². The van der Waals surface area contributed by atoms with E-state index in [1.807, 2.05) is 0 Å². The first kappa shape index (κ1) is 47.8. The number of aliphatic hydroxyl groups excluding tert-OH is 1. The van der Waals surface area contributed by atoms with E-state index < -0.39 is 33.0 Å². The van der Waals surface area contributed by atoms with E-state index in [0.717, 1.165) is 6.42 Å². The average Bonchev–Trinajstić information content (AvgIpc) is 2.33. The standard InChI is InChI=1S/C7H16O.4Na.2O5P2/c1-2-3-4-5-6-7-8;;;;;2*1-6(2)5-7(3)4/h8H,2-7H2,1H3;;;;;;/q;4*+1;;. The van der Waals surface area contributed by atoms with Gasteiger partial charge in [-0.05, 0) is 24.7 Å². The van der Waals surface area contributed by atoms with Gasteiger partial charge in [0.2, 0.25) is 0 Å². The van der Waals surface area contributed by atoms with Crippen molar-refractivity contribution >= 4 is 33.0 Å². The van der Waals surface area contributed by atoms with Crippen molar-refractivity contribution in [3.8, 4) is 0 Å². The van der Waals surface area contributed by atoms with Gasteiger partial charge in [-0.1, -0.05) is 32.6 Å². The van der Waals surface area contributed by atoms with Gasteiger partial charge in [0.15, 0.2) is 0 Å². The predicted octanol–water partition coefficient (Wildman–Crippen LogP) is -12.0. The molecule has 0 aromatic rings. The smallest absolute Gasteiger partial charge is 0.563 e. The van der Waals surface area contributed by atoms with Crippen molar-refractivity contribution in [2.75, 3.05) is 6.61 Å². The van der Waals surface area contributed by atoms with Crippen LogP contribution < -0.4 is 138 Å². The molecule has 0 saturated carbocycles. The zero-order valence-corrected chi connectivity index (χ0v) is 27.1. The molecule has 0 saturated heterocycles. The van der Waals surface area contributed by atoms with Gasteiger partial charge in [-0.3, -0.25) is 0 Å². The Hall–Kier alpha value is 4.12. The van der Waals surface area contributed by atoms with E-state index in [1.54, 1.807) is 0 Å². The summed E-state index contributed by atoms with van der Waals surface area (Å²) in [5.74, 6) is 0. The molecule has 26 heavy (non-hydrogen) atoms. The fraction of sp³-hybridized carbons (Fsp3) is 1.00. The molecular formula is C7H16Na4O11P4+4.